The van der Waals surface area contributed by atoms with Gasteiger partial charge in [-0.05, 0) is 11.8 Å². The molecule has 0 aromatic carbocycles. The van der Waals surface area contributed by atoms with Crippen LogP contribution in [0.1, 0.15) is 0 Å². The van der Waals surface area contributed by atoms with Crippen LogP contribution in [-0.2, 0) is 55.3 Å². The van der Waals surface area contributed by atoms with E-state index in [4.69, 9.17) is 14.7 Å². The molecule has 11 heteroatoms. The Labute approximate surface area is 97.8 Å². The maximum Gasteiger partial charge on any atom is 2.00 e. The van der Waals surface area contributed by atoms with Gasteiger partial charge in [-0.15, -0.1) is 17.5 Å². The fourth-order valence-electron chi connectivity index (χ4n) is 0. The summed E-state index contributed by atoms with van der Waals surface area (Å²) >= 11 is 14.6. The monoisotopic (exact) mass is 322 g/mol. The van der Waals surface area contributed by atoms with E-state index in [1.807, 2.05) is 0 Å². The summed E-state index contributed by atoms with van der Waals surface area (Å²) in [6.45, 7) is 0. The molecule has 0 spiro atoms. The summed E-state index contributed by atoms with van der Waals surface area (Å²) in [6, 6.07) is 0. The average molecular weight is 324 g/mol. The smallest absolute Gasteiger partial charge is 0.819 e. The van der Waals surface area contributed by atoms with E-state index in [0.717, 1.165) is 0 Å². The molecule has 1 unspecified atom stereocenters. The molecule has 0 aliphatic carbocycles. The number of hydrogen-bond donors (Lipinski definition) is 4. The first kappa shape index (κ1) is 19.1. The third kappa shape index (κ3) is 225. The Kier molecular flexibility index (Phi) is 13.6. The van der Waals surface area contributed by atoms with Crippen LogP contribution in [-0.4, -0.2) is 14.7 Å². The topological polar surface area (TPSA) is 83.8 Å². The molecule has 0 saturated carbocycles. The van der Waals surface area contributed by atoms with Gasteiger partial charge in [0.05, 0.1) is 0 Å². The average Bonchev–Trinajstić information content (AvgIpc) is 1.12. The van der Waals surface area contributed by atoms with Gasteiger partial charge < -0.3 is 31.8 Å². The fraction of sp³-hybridized carbons (Fsp3) is 0. The molecule has 0 aliphatic heterocycles. The van der Waals surface area contributed by atoms with Gasteiger partial charge >= 0.3 is 19.5 Å². The molecule has 0 rings (SSSR count). The Morgan fingerprint density at radius 3 is 1.27 bits per heavy atom. The van der Waals surface area contributed by atoms with Gasteiger partial charge in [-0.2, -0.15) is 0 Å². The van der Waals surface area contributed by atoms with E-state index < -0.39 is 11.4 Å². The Morgan fingerprint density at radius 2 is 1.27 bits per heavy atom. The summed E-state index contributed by atoms with van der Waals surface area (Å²) in [7, 11) is 0. The minimum Gasteiger partial charge on any atom is -0.819 e. The third-order valence-electron chi connectivity index (χ3n) is 0. The molecule has 0 aromatic rings. The van der Waals surface area contributed by atoms with Gasteiger partial charge in [0.2, 0.25) is 5.69 Å². The Hall–Kier alpha value is 2.46. The van der Waals surface area contributed by atoms with Crippen LogP contribution < -0.4 is 4.89 Å². The van der Waals surface area contributed by atoms with Crippen LogP contribution in [0.5, 0.6) is 0 Å². The molecule has 3 N–H and O–H groups in total. The Bertz CT molecular complexity index is 132. The van der Waals surface area contributed by atoms with Crippen molar-refractivity contribution in [1.29, 1.82) is 0 Å². The van der Waals surface area contributed by atoms with Crippen LogP contribution >= 0.6 is 23.6 Å². The molecule has 0 heterocycles. The van der Waals surface area contributed by atoms with Crippen LogP contribution in [0.15, 0.2) is 0 Å². The predicted octanol–water partition coefficient (Wildman–Crippen LogP) is -0.767. The van der Waals surface area contributed by atoms with Gasteiger partial charge in [0.1, 0.15) is 0 Å². The molecule has 1 atom stereocenters. The van der Waals surface area contributed by atoms with Crippen molar-refractivity contribution in [2.45, 2.75) is 0 Å². The second-order valence-corrected chi connectivity index (χ2v) is 10.6. The fourth-order valence-corrected chi connectivity index (χ4v) is 0. The second-order valence-electron chi connectivity index (χ2n) is 0.982. The van der Waals surface area contributed by atoms with Crippen molar-refractivity contribution in [3.63, 3.8) is 0 Å². The molecule has 64 valence electrons. The summed E-state index contributed by atoms with van der Waals surface area (Å²) in [4.78, 5) is 32.8. The number of hydrogen-bond acceptors (Lipinski definition) is 4. The van der Waals surface area contributed by atoms with Crippen molar-refractivity contribution < 1.29 is 39.1 Å². The molecule has 11 heavy (non-hydrogen) atoms. The van der Waals surface area contributed by atoms with Gasteiger partial charge in [-0.25, -0.2) is 0 Å². The molecule has 0 aromatic heterocycles. The summed E-state index contributed by atoms with van der Waals surface area (Å²) in [5.41, 5.74) is -6.58. The predicted molar refractivity (Wildman–Crippen MR) is 51.6 cm³/mol. The largest absolute Gasteiger partial charge is 2.00 e. The van der Waals surface area contributed by atoms with E-state index in [-0.39, 0.29) is 19.5 Å². The van der Waals surface area contributed by atoms with Crippen LogP contribution in [0.25, 0.3) is 0 Å². The molecule has 0 fully saturated rings. The van der Waals surface area contributed by atoms with Crippen LogP contribution in [0.2, 0.25) is 0 Å². The molecule has 0 radical (unpaired) electrons. The molecule has 0 amide bonds. The minimum absolute atomic E-state index is 0. The van der Waals surface area contributed by atoms with Gasteiger partial charge in [-0.3, -0.25) is 0 Å². The zero-order chi connectivity index (χ0) is 9.00. The van der Waals surface area contributed by atoms with Crippen molar-refractivity contribution >= 4 is 59.5 Å². The van der Waals surface area contributed by atoms with Crippen molar-refractivity contribution in [1.82, 2.24) is 0 Å². The molecule has 0 saturated heterocycles. The maximum atomic E-state index is 9.40. The first-order valence-corrected chi connectivity index (χ1v) is 9.08. The zero-order valence-corrected chi connectivity index (χ0v) is 13.1. The van der Waals surface area contributed by atoms with E-state index in [2.05, 4.69) is 48.1 Å². The summed E-state index contributed by atoms with van der Waals surface area (Å²) in [5, 5.41) is 0. The van der Waals surface area contributed by atoms with E-state index in [0.29, 0.717) is 0 Å². The van der Waals surface area contributed by atoms with Crippen molar-refractivity contribution in [3.05, 3.63) is 0 Å². The van der Waals surface area contributed by atoms with Crippen molar-refractivity contribution in [2.75, 3.05) is 0 Å². The van der Waals surface area contributed by atoms with Gasteiger partial charge in [0.25, 0.3) is 0 Å². The minimum atomic E-state index is -3.47. The third-order valence-corrected chi connectivity index (χ3v) is 0. The SMILES string of the molecule is OP(O)(=S)S.[O-]P(O)(=S)[S-].[Zn+2]. The van der Waals surface area contributed by atoms with Crippen LogP contribution in [0.4, 0.5) is 0 Å². The maximum absolute atomic E-state index is 9.40. The van der Waals surface area contributed by atoms with Gasteiger partial charge in [0.15, 0.2) is 0 Å². The summed E-state index contributed by atoms with van der Waals surface area (Å²) in [6.07, 6.45) is 0. The molecule has 0 bridgehead atoms. The van der Waals surface area contributed by atoms with Crippen molar-refractivity contribution in [3.8, 4) is 0 Å². The Morgan fingerprint density at radius 1 is 1.27 bits per heavy atom. The summed E-state index contributed by atoms with van der Waals surface area (Å²) < 4.78 is 0. The first-order chi connectivity index (χ1) is 4.00. The van der Waals surface area contributed by atoms with E-state index in [9.17, 15) is 4.89 Å². The standard InChI is InChI=1S/2H3O2PS2.Zn/c2*1-3(2,4)5;/h2*(H3,1,2,4,5);/q;;+2/p-2. The quantitative estimate of drug-likeness (QED) is 0.202. The number of rotatable bonds is 0. The van der Waals surface area contributed by atoms with E-state index in [1.165, 1.54) is 0 Å². The van der Waals surface area contributed by atoms with Crippen LogP contribution in [0.3, 0.4) is 0 Å². The van der Waals surface area contributed by atoms with Crippen molar-refractivity contribution in [2.24, 2.45) is 0 Å². The summed E-state index contributed by atoms with van der Waals surface area (Å²) in [5.74, 6) is 0. The second kappa shape index (κ2) is 7.83. The van der Waals surface area contributed by atoms with Gasteiger partial charge in [-0.1, -0.05) is 12.2 Å². The molecular weight excluding hydrogens is 320 g/mol. The zero-order valence-electron chi connectivity index (χ0n) is 5.02. The number of thiol groups is 1. The van der Waals surface area contributed by atoms with E-state index >= 15 is 0 Å². The first-order valence-electron chi connectivity index (χ1n) is 1.53. The molecule has 0 aliphatic rings. The normalized spacial score (nSPS) is 15.1. The van der Waals surface area contributed by atoms with Gasteiger partial charge in [0, 0.05) is 0 Å². The molecular formula is H4O4P2S4Zn. The van der Waals surface area contributed by atoms with E-state index in [1.54, 1.807) is 0 Å². The Balaban J connectivity index is -0.000000107. The van der Waals surface area contributed by atoms with Crippen LogP contribution in [0, 0.1) is 0 Å². The molecule has 4 nitrogen and oxygen atoms in total.